The zero-order valence-corrected chi connectivity index (χ0v) is 23.7. The lowest BCUT2D eigenvalue weighted by molar-refractivity contribution is -0.128. The molecule has 2 fully saturated rings. The predicted molar refractivity (Wildman–Crippen MR) is 153 cm³/mol. The van der Waals surface area contributed by atoms with E-state index in [0.717, 1.165) is 48.7 Å². The smallest absolute Gasteiger partial charge is 0.318 e. The van der Waals surface area contributed by atoms with Gasteiger partial charge in [-0.25, -0.2) is 0 Å². The Morgan fingerprint density at radius 1 is 1.21 bits per heavy atom. The standard InChI is InChI=1S/C28H33Cl2N7O2/c1-3-25(38)37-15-14-36(16-19(37)9-11-31)27-21-10-13-35(24-8-4-7-22(29)26(24)30)17-23(21)32-28(33-27)39-18-20-6-5-12-34(20)2/h3-4,7-8,19-20H,1,5-6,9-10,12-18H2,2H3. The van der Waals surface area contributed by atoms with Crippen LogP contribution < -0.4 is 14.5 Å². The van der Waals surface area contributed by atoms with Crippen LogP contribution in [0.1, 0.15) is 30.5 Å². The number of nitrogens with zero attached hydrogens (tertiary/aromatic N) is 7. The second-order valence-electron chi connectivity index (χ2n) is 10.3. The van der Waals surface area contributed by atoms with E-state index < -0.39 is 0 Å². The lowest BCUT2D eigenvalue weighted by atomic mass is 10.0. The van der Waals surface area contributed by atoms with Crippen LogP contribution in [0.25, 0.3) is 0 Å². The van der Waals surface area contributed by atoms with Gasteiger partial charge in [0.2, 0.25) is 5.91 Å². The molecule has 5 rings (SSSR count). The maximum Gasteiger partial charge on any atom is 0.318 e. The number of fused-ring (bicyclic) bond motifs is 1. The molecular formula is C28H33Cl2N7O2. The first-order valence-electron chi connectivity index (χ1n) is 13.4. The van der Waals surface area contributed by atoms with Gasteiger partial charge < -0.3 is 24.3 Å². The molecule has 2 unspecified atom stereocenters. The molecule has 206 valence electrons. The maximum absolute atomic E-state index is 12.4. The van der Waals surface area contributed by atoms with Gasteiger partial charge in [-0.2, -0.15) is 15.2 Å². The molecule has 0 radical (unpaired) electrons. The van der Waals surface area contributed by atoms with Crippen LogP contribution in [-0.2, 0) is 17.8 Å². The summed E-state index contributed by atoms with van der Waals surface area (Å²) in [4.78, 5) is 30.6. The summed E-state index contributed by atoms with van der Waals surface area (Å²) in [5.74, 6) is 0.665. The predicted octanol–water partition coefficient (Wildman–Crippen LogP) is 3.94. The van der Waals surface area contributed by atoms with Gasteiger partial charge in [0, 0.05) is 37.8 Å². The summed E-state index contributed by atoms with van der Waals surface area (Å²) in [6.45, 7) is 8.08. The van der Waals surface area contributed by atoms with Gasteiger partial charge in [0.1, 0.15) is 12.4 Å². The number of hydrogen-bond acceptors (Lipinski definition) is 8. The van der Waals surface area contributed by atoms with E-state index >= 15 is 0 Å². The van der Waals surface area contributed by atoms with Crippen molar-refractivity contribution < 1.29 is 9.53 Å². The minimum absolute atomic E-state index is 0.154. The number of benzene rings is 1. The lowest BCUT2D eigenvalue weighted by Gasteiger charge is -2.42. The molecule has 1 amide bonds. The Hall–Kier alpha value is -3.06. The van der Waals surface area contributed by atoms with Crippen molar-refractivity contribution >= 4 is 40.6 Å². The Labute approximate surface area is 239 Å². The normalized spacial score (nSPS) is 21.4. The highest BCUT2D eigenvalue weighted by atomic mass is 35.5. The van der Waals surface area contributed by atoms with E-state index in [0.29, 0.717) is 61.3 Å². The largest absolute Gasteiger partial charge is 0.462 e. The van der Waals surface area contributed by atoms with E-state index in [1.807, 2.05) is 12.1 Å². The molecule has 2 atom stereocenters. The average molecular weight is 571 g/mol. The van der Waals surface area contributed by atoms with Crippen molar-refractivity contribution in [2.75, 3.05) is 56.2 Å². The molecule has 3 aliphatic heterocycles. The number of anilines is 2. The van der Waals surface area contributed by atoms with Gasteiger partial charge in [-0.15, -0.1) is 0 Å². The summed E-state index contributed by atoms with van der Waals surface area (Å²) >= 11 is 12.9. The number of carbonyl (C=O) groups is 1. The molecule has 4 heterocycles. The van der Waals surface area contributed by atoms with Crippen LogP contribution in [0.4, 0.5) is 11.5 Å². The van der Waals surface area contributed by atoms with Gasteiger partial charge in [-0.05, 0) is 51.1 Å². The van der Waals surface area contributed by atoms with E-state index in [1.165, 1.54) is 6.08 Å². The molecule has 0 spiro atoms. The number of halogens is 2. The second kappa shape index (κ2) is 12.0. The van der Waals surface area contributed by atoms with Crippen molar-refractivity contribution in [3.05, 3.63) is 52.2 Å². The third-order valence-corrected chi connectivity index (χ3v) is 8.75. The summed E-state index contributed by atoms with van der Waals surface area (Å²) in [6.07, 6.45) is 4.51. The molecule has 39 heavy (non-hydrogen) atoms. The minimum atomic E-state index is -0.248. The maximum atomic E-state index is 12.4. The average Bonchev–Trinajstić information content (AvgIpc) is 3.36. The summed E-state index contributed by atoms with van der Waals surface area (Å²) in [5, 5.41) is 10.5. The van der Waals surface area contributed by atoms with Gasteiger partial charge in [-0.1, -0.05) is 35.8 Å². The van der Waals surface area contributed by atoms with E-state index in [1.54, 1.807) is 11.0 Å². The number of ether oxygens (including phenoxy) is 1. The van der Waals surface area contributed by atoms with Crippen molar-refractivity contribution in [2.24, 2.45) is 0 Å². The fourth-order valence-electron chi connectivity index (χ4n) is 5.75. The van der Waals surface area contributed by atoms with Crippen LogP contribution in [0.5, 0.6) is 6.01 Å². The van der Waals surface area contributed by atoms with E-state index in [-0.39, 0.29) is 18.4 Å². The van der Waals surface area contributed by atoms with Crippen LogP contribution in [0.3, 0.4) is 0 Å². The molecule has 0 aliphatic carbocycles. The number of rotatable bonds is 7. The molecule has 9 nitrogen and oxygen atoms in total. The lowest BCUT2D eigenvalue weighted by Crippen LogP contribution is -2.55. The van der Waals surface area contributed by atoms with Crippen LogP contribution >= 0.6 is 23.2 Å². The van der Waals surface area contributed by atoms with Gasteiger partial charge in [0.25, 0.3) is 0 Å². The van der Waals surface area contributed by atoms with Crippen LogP contribution in [0, 0.1) is 11.3 Å². The summed E-state index contributed by atoms with van der Waals surface area (Å²) < 4.78 is 6.21. The molecule has 2 aromatic rings. The molecule has 1 aromatic carbocycles. The molecule has 0 bridgehead atoms. The van der Waals surface area contributed by atoms with Crippen molar-refractivity contribution in [1.29, 1.82) is 5.26 Å². The Balaban J connectivity index is 1.46. The van der Waals surface area contributed by atoms with Gasteiger partial charge in [0.05, 0.1) is 46.5 Å². The highest BCUT2D eigenvalue weighted by Crippen LogP contribution is 2.37. The number of nitriles is 1. The first-order valence-corrected chi connectivity index (χ1v) is 14.1. The van der Waals surface area contributed by atoms with Gasteiger partial charge >= 0.3 is 6.01 Å². The molecule has 1 aromatic heterocycles. The Bertz CT molecular complexity index is 1280. The molecule has 0 saturated carbocycles. The van der Waals surface area contributed by atoms with Crippen LogP contribution in [-0.4, -0.2) is 84.1 Å². The molecular weight excluding hydrogens is 537 g/mol. The number of likely N-dealkylation sites (tertiary alicyclic amines) is 1. The monoisotopic (exact) mass is 569 g/mol. The number of carbonyl (C=O) groups excluding carboxylic acids is 1. The van der Waals surface area contributed by atoms with Crippen LogP contribution in [0.15, 0.2) is 30.9 Å². The molecule has 3 aliphatic rings. The van der Waals surface area contributed by atoms with Crippen molar-refractivity contribution in [2.45, 2.75) is 44.3 Å². The number of likely N-dealkylation sites (N-methyl/N-ethyl adjacent to an activating group) is 1. The fraction of sp³-hybridized carbons (Fsp3) is 0.500. The summed E-state index contributed by atoms with van der Waals surface area (Å²) in [7, 11) is 2.12. The van der Waals surface area contributed by atoms with Crippen molar-refractivity contribution in [3.8, 4) is 12.1 Å². The number of hydrogen-bond donors (Lipinski definition) is 0. The first-order chi connectivity index (χ1) is 18.9. The number of piperazine rings is 1. The fourth-order valence-corrected chi connectivity index (χ4v) is 6.17. The molecule has 2 saturated heterocycles. The minimum Gasteiger partial charge on any atom is -0.462 e. The van der Waals surface area contributed by atoms with Gasteiger partial charge in [-0.3, -0.25) is 4.79 Å². The van der Waals surface area contributed by atoms with Crippen LogP contribution in [0.2, 0.25) is 10.0 Å². The Kier molecular flexibility index (Phi) is 8.46. The van der Waals surface area contributed by atoms with E-state index in [9.17, 15) is 10.1 Å². The van der Waals surface area contributed by atoms with Crippen molar-refractivity contribution in [3.63, 3.8) is 0 Å². The number of aromatic nitrogens is 2. The molecule has 0 N–H and O–H groups in total. The second-order valence-corrected chi connectivity index (χ2v) is 11.1. The highest BCUT2D eigenvalue weighted by molar-refractivity contribution is 6.43. The molecule has 11 heteroatoms. The first kappa shape index (κ1) is 27.5. The third-order valence-electron chi connectivity index (χ3n) is 7.94. The van der Waals surface area contributed by atoms with E-state index in [4.69, 9.17) is 37.9 Å². The Morgan fingerprint density at radius 3 is 2.79 bits per heavy atom. The van der Waals surface area contributed by atoms with E-state index in [2.05, 4.69) is 34.4 Å². The zero-order valence-electron chi connectivity index (χ0n) is 22.2. The SMILES string of the molecule is C=CC(=O)N1CCN(c2nc(OCC3CCCN3C)nc3c2CCN(c2cccc(Cl)c2Cl)C3)CC1CC#N. The van der Waals surface area contributed by atoms with Crippen molar-refractivity contribution in [1.82, 2.24) is 19.8 Å². The Morgan fingerprint density at radius 2 is 2.05 bits per heavy atom. The summed E-state index contributed by atoms with van der Waals surface area (Å²) in [5.41, 5.74) is 2.82. The van der Waals surface area contributed by atoms with Gasteiger partial charge in [0.15, 0.2) is 0 Å². The third kappa shape index (κ3) is 5.79. The topological polar surface area (TPSA) is 88.8 Å². The zero-order chi connectivity index (χ0) is 27.5. The quantitative estimate of drug-likeness (QED) is 0.463. The number of amides is 1. The summed E-state index contributed by atoms with van der Waals surface area (Å²) in [6, 6.07) is 8.33. The highest BCUT2D eigenvalue weighted by Gasteiger charge is 2.33.